The number of aromatic nitrogens is 2. The zero-order valence-corrected chi connectivity index (χ0v) is 11.7. The zero-order valence-electron chi connectivity index (χ0n) is 10.8. The summed E-state index contributed by atoms with van der Waals surface area (Å²) < 4.78 is 1.98. The highest BCUT2D eigenvalue weighted by Gasteiger charge is 2.15. The first-order valence-electron chi connectivity index (χ1n) is 6.77. The number of hydrogen-bond acceptors (Lipinski definition) is 3. The van der Waals surface area contributed by atoms with E-state index in [0.29, 0.717) is 6.54 Å². The van der Waals surface area contributed by atoms with Gasteiger partial charge in [0.1, 0.15) is 0 Å². The van der Waals surface area contributed by atoms with Crippen LogP contribution >= 0.6 is 11.3 Å². The summed E-state index contributed by atoms with van der Waals surface area (Å²) in [6, 6.07) is 0.0401. The average Bonchev–Trinajstić information content (AvgIpc) is 2.87. The van der Waals surface area contributed by atoms with Crippen LogP contribution in [-0.4, -0.2) is 33.4 Å². The fourth-order valence-electron chi connectivity index (χ4n) is 2.41. The van der Waals surface area contributed by atoms with Gasteiger partial charge in [-0.3, -0.25) is 4.40 Å². The molecule has 2 aromatic heterocycles. The largest absolute Gasteiger partial charge is 0.332 e. The van der Waals surface area contributed by atoms with E-state index in [9.17, 15) is 4.79 Å². The minimum Gasteiger partial charge on any atom is -0.332 e. The quantitative estimate of drug-likeness (QED) is 0.917. The van der Waals surface area contributed by atoms with Crippen LogP contribution in [0.5, 0.6) is 0 Å². The number of nitrogens with one attached hydrogen (secondary N) is 1. The minimum absolute atomic E-state index is 0.0401. The Labute approximate surface area is 116 Å². The molecular formula is C13H18N4OS. The van der Waals surface area contributed by atoms with Crippen LogP contribution in [0.3, 0.4) is 0 Å². The van der Waals surface area contributed by atoms with E-state index >= 15 is 0 Å². The van der Waals surface area contributed by atoms with Crippen LogP contribution in [-0.2, 0) is 6.54 Å². The Kier molecular flexibility index (Phi) is 3.68. The normalized spacial score (nSPS) is 16.5. The molecule has 1 aliphatic rings. The van der Waals surface area contributed by atoms with Gasteiger partial charge in [-0.25, -0.2) is 9.78 Å². The van der Waals surface area contributed by atoms with Crippen molar-refractivity contribution in [2.24, 2.45) is 0 Å². The topological polar surface area (TPSA) is 49.6 Å². The van der Waals surface area contributed by atoms with Crippen molar-refractivity contribution < 1.29 is 4.79 Å². The van der Waals surface area contributed by atoms with Crippen LogP contribution in [0.4, 0.5) is 4.79 Å². The van der Waals surface area contributed by atoms with E-state index in [-0.39, 0.29) is 6.03 Å². The Morgan fingerprint density at radius 2 is 2.11 bits per heavy atom. The van der Waals surface area contributed by atoms with E-state index < -0.39 is 0 Å². The number of carbonyl (C=O) groups is 1. The molecule has 1 aliphatic heterocycles. The average molecular weight is 278 g/mol. The van der Waals surface area contributed by atoms with Gasteiger partial charge >= 0.3 is 6.03 Å². The van der Waals surface area contributed by atoms with Crippen molar-refractivity contribution in [2.75, 3.05) is 13.1 Å². The first kappa shape index (κ1) is 12.5. The Morgan fingerprint density at radius 3 is 2.84 bits per heavy atom. The Bertz CT molecular complexity index is 525. The number of carbonyl (C=O) groups excluding carboxylic acids is 1. The van der Waals surface area contributed by atoms with Crippen molar-refractivity contribution >= 4 is 22.3 Å². The van der Waals surface area contributed by atoms with Crippen LogP contribution in [0.1, 0.15) is 31.4 Å². The summed E-state index contributed by atoms with van der Waals surface area (Å²) in [6.07, 6.45) is 8.66. The van der Waals surface area contributed by atoms with Gasteiger partial charge in [0.2, 0.25) is 0 Å². The van der Waals surface area contributed by atoms with E-state index in [1.165, 1.54) is 12.8 Å². The number of rotatable bonds is 2. The maximum absolute atomic E-state index is 12.1. The first-order valence-corrected chi connectivity index (χ1v) is 7.65. The van der Waals surface area contributed by atoms with Crippen molar-refractivity contribution in [3.8, 4) is 0 Å². The summed E-state index contributed by atoms with van der Waals surface area (Å²) >= 11 is 1.60. The standard InChI is InChI=1S/C13H18N4OS/c18-12(16-5-3-1-2-4-6-16)14-9-11-10-17-7-8-19-13(17)15-11/h7-8,10H,1-6,9H2,(H,14,18). The molecule has 1 N–H and O–H groups in total. The second kappa shape index (κ2) is 5.61. The molecular weight excluding hydrogens is 260 g/mol. The van der Waals surface area contributed by atoms with Gasteiger partial charge in [0.15, 0.2) is 4.96 Å². The third kappa shape index (κ3) is 2.89. The summed E-state index contributed by atoms with van der Waals surface area (Å²) in [5.74, 6) is 0. The monoisotopic (exact) mass is 278 g/mol. The van der Waals surface area contributed by atoms with Crippen molar-refractivity contribution in [3.63, 3.8) is 0 Å². The minimum atomic E-state index is 0.0401. The van der Waals surface area contributed by atoms with Gasteiger partial charge in [-0.15, -0.1) is 11.3 Å². The van der Waals surface area contributed by atoms with Gasteiger partial charge in [-0.1, -0.05) is 12.8 Å². The highest BCUT2D eigenvalue weighted by Crippen LogP contribution is 2.12. The molecule has 1 saturated heterocycles. The van der Waals surface area contributed by atoms with E-state index in [4.69, 9.17) is 0 Å². The van der Waals surface area contributed by atoms with Crippen molar-refractivity contribution in [3.05, 3.63) is 23.5 Å². The number of likely N-dealkylation sites (tertiary alicyclic amines) is 1. The van der Waals surface area contributed by atoms with Gasteiger partial charge in [0.05, 0.1) is 12.2 Å². The molecule has 5 nitrogen and oxygen atoms in total. The molecule has 0 saturated carbocycles. The lowest BCUT2D eigenvalue weighted by Gasteiger charge is -2.20. The SMILES string of the molecule is O=C(NCc1cn2ccsc2n1)N1CCCCCC1. The Hall–Kier alpha value is -1.56. The molecule has 0 spiro atoms. The highest BCUT2D eigenvalue weighted by atomic mass is 32.1. The first-order chi connectivity index (χ1) is 9.33. The fraction of sp³-hybridized carbons (Fsp3) is 0.538. The smallest absolute Gasteiger partial charge is 0.317 e. The second-order valence-corrected chi connectivity index (χ2v) is 5.76. The molecule has 0 unspecified atom stereocenters. The predicted octanol–water partition coefficient (Wildman–Crippen LogP) is 2.48. The van der Waals surface area contributed by atoms with Crippen LogP contribution in [0, 0.1) is 0 Å². The van der Waals surface area contributed by atoms with Crippen LogP contribution in [0.25, 0.3) is 4.96 Å². The maximum Gasteiger partial charge on any atom is 0.317 e. The van der Waals surface area contributed by atoms with E-state index in [0.717, 1.165) is 36.6 Å². The number of amides is 2. The molecule has 0 aliphatic carbocycles. The summed E-state index contributed by atoms with van der Waals surface area (Å²) in [5.41, 5.74) is 0.912. The van der Waals surface area contributed by atoms with Gasteiger partial charge in [0, 0.05) is 30.9 Å². The Balaban J connectivity index is 1.56. The summed E-state index contributed by atoms with van der Waals surface area (Å²) in [4.78, 5) is 19.4. The molecule has 6 heteroatoms. The van der Waals surface area contributed by atoms with Crippen molar-refractivity contribution in [1.82, 2.24) is 19.6 Å². The number of thiazole rings is 1. The van der Waals surface area contributed by atoms with Crippen LogP contribution in [0.2, 0.25) is 0 Å². The highest BCUT2D eigenvalue weighted by molar-refractivity contribution is 7.15. The summed E-state index contributed by atoms with van der Waals surface area (Å²) in [7, 11) is 0. The summed E-state index contributed by atoms with van der Waals surface area (Å²) in [6.45, 7) is 2.26. The Morgan fingerprint density at radius 1 is 1.32 bits per heavy atom. The second-order valence-electron chi connectivity index (χ2n) is 4.89. The molecule has 3 rings (SSSR count). The van der Waals surface area contributed by atoms with Gasteiger partial charge in [-0.05, 0) is 12.8 Å². The lowest BCUT2D eigenvalue weighted by molar-refractivity contribution is 0.199. The van der Waals surface area contributed by atoms with E-state index in [1.54, 1.807) is 11.3 Å². The van der Waals surface area contributed by atoms with Crippen LogP contribution in [0.15, 0.2) is 17.8 Å². The van der Waals surface area contributed by atoms with Crippen LogP contribution < -0.4 is 5.32 Å². The lowest BCUT2D eigenvalue weighted by atomic mass is 10.2. The molecule has 0 atom stereocenters. The van der Waals surface area contributed by atoms with Gasteiger partial charge in [-0.2, -0.15) is 0 Å². The van der Waals surface area contributed by atoms with E-state index in [2.05, 4.69) is 10.3 Å². The molecule has 19 heavy (non-hydrogen) atoms. The third-order valence-electron chi connectivity index (χ3n) is 3.46. The number of imidazole rings is 1. The van der Waals surface area contributed by atoms with Gasteiger partial charge in [0.25, 0.3) is 0 Å². The summed E-state index contributed by atoms with van der Waals surface area (Å²) in [5, 5.41) is 4.96. The van der Waals surface area contributed by atoms with Gasteiger partial charge < -0.3 is 10.2 Å². The van der Waals surface area contributed by atoms with Crippen molar-refractivity contribution in [2.45, 2.75) is 32.2 Å². The molecule has 1 fully saturated rings. The molecule has 0 bridgehead atoms. The predicted molar refractivity (Wildman–Crippen MR) is 75.3 cm³/mol. The zero-order chi connectivity index (χ0) is 13.1. The number of urea groups is 1. The molecule has 0 aromatic carbocycles. The number of nitrogens with zero attached hydrogens (tertiary/aromatic N) is 3. The fourth-order valence-corrected chi connectivity index (χ4v) is 3.13. The van der Waals surface area contributed by atoms with Crippen molar-refractivity contribution in [1.29, 1.82) is 0 Å². The number of hydrogen-bond donors (Lipinski definition) is 1. The van der Waals surface area contributed by atoms with E-state index in [1.807, 2.05) is 27.1 Å². The molecule has 2 aromatic rings. The molecule has 2 amide bonds. The molecule has 3 heterocycles. The third-order valence-corrected chi connectivity index (χ3v) is 4.23. The maximum atomic E-state index is 12.1. The lowest BCUT2D eigenvalue weighted by Crippen LogP contribution is -2.40. The molecule has 102 valence electrons. The molecule has 0 radical (unpaired) electrons. The number of fused-ring (bicyclic) bond motifs is 1.